The number of fused-ring (bicyclic) bond motifs is 1. The summed E-state index contributed by atoms with van der Waals surface area (Å²) in [5.74, 6) is 0.859. The number of rotatable bonds is 9. The first-order valence-electron chi connectivity index (χ1n) is 9.72. The van der Waals surface area contributed by atoms with Crippen LogP contribution in [-0.4, -0.2) is 47.2 Å². The predicted octanol–water partition coefficient (Wildman–Crippen LogP) is 2.75. The fraction of sp³-hybridized carbons (Fsp3) is 0.550. The Morgan fingerprint density at radius 1 is 1.32 bits per heavy atom. The highest BCUT2D eigenvalue weighted by Crippen LogP contribution is 2.31. The summed E-state index contributed by atoms with van der Waals surface area (Å²) >= 11 is 1.49. The molecule has 28 heavy (non-hydrogen) atoms. The van der Waals surface area contributed by atoms with E-state index in [1.54, 1.807) is 12.1 Å². The second-order valence-electron chi connectivity index (χ2n) is 6.70. The molecule has 0 saturated carbocycles. The maximum atomic E-state index is 12.7. The van der Waals surface area contributed by atoms with Crippen molar-refractivity contribution in [3.63, 3.8) is 0 Å². The summed E-state index contributed by atoms with van der Waals surface area (Å²) in [4.78, 5) is 30.9. The molecule has 0 amide bonds. The Kier molecular flexibility index (Phi) is 6.96. The molecule has 1 aliphatic rings. The monoisotopic (exact) mass is 405 g/mol. The van der Waals surface area contributed by atoms with Crippen LogP contribution in [0.5, 0.6) is 0 Å². The molecule has 0 unspecified atom stereocenters. The van der Waals surface area contributed by atoms with Crippen LogP contribution < -0.4 is 5.69 Å². The van der Waals surface area contributed by atoms with Gasteiger partial charge in [-0.15, -0.1) is 0 Å². The molecule has 7 nitrogen and oxygen atoms in total. The number of hydrogen-bond donors (Lipinski definition) is 0. The lowest BCUT2D eigenvalue weighted by atomic mass is 10.2. The van der Waals surface area contributed by atoms with E-state index in [0.29, 0.717) is 18.1 Å². The van der Waals surface area contributed by atoms with E-state index in [9.17, 15) is 9.59 Å². The standard InChI is InChI=1S/C20H27N3O4S/c1-4-22(5-2)11-12-23-16-8-6-7-15(16)18(21-20(23)25)28-13-14-9-10-17(27-14)19(24)26-3/h9-10H,4-8,11-13H2,1-3H3. The van der Waals surface area contributed by atoms with E-state index in [1.807, 2.05) is 4.57 Å². The summed E-state index contributed by atoms with van der Waals surface area (Å²) in [5.41, 5.74) is 2.14. The van der Waals surface area contributed by atoms with Crippen molar-refractivity contribution in [3.05, 3.63) is 45.4 Å². The van der Waals surface area contributed by atoms with Crippen LogP contribution in [0, 0.1) is 0 Å². The Hall–Kier alpha value is -2.06. The van der Waals surface area contributed by atoms with Gasteiger partial charge in [0.2, 0.25) is 5.76 Å². The number of hydrogen-bond acceptors (Lipinski definition) is 7. The summed E-state index contributed by atoms with van der Waals surface area (Å²) < 4.78 is 12.0. The van der Waals surface area contributed by atoms with Gasteiger partial charge in [-0.05, 0) is 44.5 Å². The van der Waals surface area contributed by atoms with Gasteiger partial charge in [0, 0.05) is 24.3 Å². The Labute approximate surface area is 169 Å². The first kappa shape index (κ1) is 20.7. The van der Waals surface area contributed by atoms with Gasteiger partial charge in [0.1, 0.15) is 10.8 Å². The van der Waals surface area contributed by atoms with Gasteiger partial charge in [0.25, 0.3) is 0 Å². The molecule has 0 spiro atoms. The third kappa shape index (κ3) is 4.50. The Bertz CT molecular complexity index is 886. The van der Waals surface area contributed by atoms with E-state index in [1.165, 1.54) is 24.4 Å². The van der Waals surface area contributed by atoms with Crippen molar-refractivity contribution < 1.29 is 13.9 Å². The molecule has 2 aromatic rings. The quantitative estimate of drug-likeness (QED) is 0.361. The SMILES string of the molecule is CCN(CC)CCn1c2c(c(SCc3ccc(C(=O)OC)o3)nc1=O)CCC2. The molecule has 0 aromatic carbocycles. The van der Waals surface area contributed by atoms with Gasteiger partial charge in [0.15, 0.2) is 0 Å². The van der Waals surface area contributed by atoms with Crippen LogP contribution in [0.25, 0.3) is 0 Å². The average Bonchev–Trinajstić information content (AvgIpc) is 3.37. The van der Waals surface area contributed by atoms with Crippen LogP contribution in [0.1, 0.15) is 47.8 Å². The predicted molar refractivity (Wildman–Crippen MR) is 108 cm³/mol. The number of furan rings is 1. The zero-order valence-electron chi connectivity index (χ0n) is 16.7. The molecule has 0 atom stereocenters. The third-order valence-corrected chi connectivity index (χ3v) is 6.17. The minimum absolute atomic E-state index is 0.176. The van der Waals surface area contributed by atoms with Crippen LogP contribution in [0.3, 0.4) is 0 Å². The Balaban J connectivity index is 1.75. The second-order valence-corrected chi connectivity index (χ2v) is 7.67. The maximum absolute atomic E-state index is 12.7. The van der Waals surface area contributed by atoms with E-state index in [2.05, 4.69) is 28.5 Å². The zero-order chi connectivity index (χ0) is 20.1. The number of esters is 1. The van der Waals surface area contributed by atoms with E-state index < -0.39 is 5.97 Å². The highest BCUT2D eigenvalue weighted by Gasteiger charge is 2.22. The summed E-state index contributed by atoms with van der Waals surface area (Å²) in [5, 5.41) is 0.785. The van der Waals surface area contributed by atoms with Gasteiger partial charge in [-0.1, -0.05) is 25.6 Å². The molecule has 0 N–H and O–H groups in total. The molecule has 8 heteroatoms. The van der Waals surface area contributed by atoms with Gasteiger partial charge in [0.05, 0.1) is 12.9 Å². The van der Waals surface area contributed by atoms with Crippen molar-refractivity contribution in [3.8, 4) is 0 Å². The first-order chi connectivity index (χ1) is 13.6. The fourth-order valence-electron chi connectivity index (χ4n) is 3.52. The first-order valence-corrected chi connectivity index (χ1v) is 10.7. The molecule has 0 bridgehead atoms. The maximum Gasteiger partial charge on any atom is 0.373 e. The van der Waals surface area contributed by atoms with Gasteiger partial charge in [-0.3, -0.25) is 4.57 Å². The number of carbonyl (C=O) groups is 1. The highest BCUT2D eigenvalue weighted by atomic mass is 32.2. The summed E-state index contributed by atoms with van der Waals surface area (Å²) in [6.45, 7) is 7.76. The molecule has 152 valence electrons. The van der Waals surface area contributed by atoms with Crippen molar-refractivity contribution in [1.82, 2.24) is 14.5 Å². The molecule has 0 aliphatic heterocycles. The molecule has 2 heterocycles. The lowest BCUT2D eigenvalue weighted by Crippen LogP contribution is -2.33. The highest BCUT2D eigenvalue weighted by molar-refractivity contribution is 7.98. The van der Waals surface area contributed by atoms with E-state index in [-0.39, 0.29) is 11.4 Å². The Morgan fingerprint density at radius 3 is 2.82 bits per heavy atom. The summed E-state index contributed by atoms with van der Waals surface area (Å²) in [7, 11) is 1.32. The van der Waals surface area contributed by atoms with Gasteiger partial charge in [-0.25, -0.2) is 9.59 Å². The molecule has 0 fully saturated rings. The number of thioether (sulfide) groups is 1. The minimum atomic E-state index is -0.494. The van der Waals surface area contributed by atoms with Crippen LogP contribution in [-0.2, 0) is 29.9 Å². The number of nitrogens with zero attached hydrogens (tertiary/aromatic N) is 3. The van der Waals surface area contributed by atoms with Crippen molar-refractivity contribution in [2.45, 2.75) is 50.4 Å². The fourth-order valence-corrected chi connectivity index (χ4v) is 4.49. The van der Waals surface area contributed by atoms with Crippen molar-refractivity contribution >= 4 is 17.7 Å². The van der Waals surface area contributed by atoms with Crippen LogP contribution >= 0.6 is 11.8 Å². The summed E-state index contributed by atoms with van der Waals surface area (Å²) in [6, 6.07) is 3.36. The Morgan fingerprint density at radius 2 is 2.11 bits per heavy atom. The molecule has 2 aromatic heterocycles. The van der Waals surface area contributed by atoms with Crippen molar-refractivity contribution in [1.29, 1.82) is 0 Å². The van der Waals surface area contributed by atoms with Crippen molar-refractivity contribution in [2.24, 2.45) is 0 Å². The van der Waals surface area contributed by atoms with E-state index in [4.69, 9.17) is 4.42 Å². The zero-order valence-corrected chi connectivity index (χ0v) is 17.5. The summed E-state index contributed by atoms with van der Waals surface area (Å²) in [6.07, 6.45) is 2.92. The smallest absolute Gasteiger partial charge is 0.373 e. The normalized spacial score (nSPS) is 13.1. The van der Waals surface area contributed by atoms with Crippen LogP contribution in [0.4, 0.5) is 0 Å². The topological polar surface area (TPSA) is 77.6 Å². The van der Waals surface area contributed by atoms with Gasteiger partial charge >= 0.3 is 11.7 Å². The lowest BCUT2D eigenvalue weighted by molar-refractivity contribution is 0.0563. The van der Waals surface area contributed by atoms with Gasteiger partial charge < -0.3 is 14.1 Å². The lowest BCUT2D eigenvalue weighted by Gasteiger charge is -2.20. The van der Waals surface area contributed by atoms with E-state index in [0.717, 1.165) is 49.6 Å². The van der Waals surface area contributed by atoms with Gasteiger partial charge in [-0.2, -0.15) is 4.98 Å². The minimum Gasteiger partial charge on any atom is -0.463 e. The van der Waals surface area contributed by atoms with E-state index >= 15 is 0 Å². The molecular weight excluding hydrogens is 378 g/mol. The molecule has 3 rings (SSSR count). The molecule has 1 aliphatic carbocycles. The molecule has 0 radical (unpaired) electrons. The third-order valence-electron chi connectivity index (χ3n) is 5.13. The molecular formula is C20H27N3O4S. The van der Waals surface area contributed by atoms with Crippen LogP contribution in [0.15, 0.2) is 26.4 Å². The number of carbonyl (C=O) groups excluding carboxylic acids is 1. The number of ether oxygens (including phenoxy) is 1. The second kappa shape index (κ2) is 9.43. The average molecular weight is 406 g/mol. The number of methoxy groups -OCH3 is 1. The van der Waals surface area contributed by atoms with Crippen molar-refractivity contribution in [2.75, 3.05) is 26.7 Å². The largest absolute Gasteiger partial charge is 0.463 e. The van der Waals surface area contributed by atoms with Crippen LogP contribution in [0.2, 0.25) is 0 Å². The number of likely N-dealkylation sites (N-methyl/N-ethyl adjacent to an activating group) is 1. The molecule has 0 saturated heterocycles. The number of aromatic nitrogens is 2.